The van der Waals surface area contributed by atoms with Crippen molar-refractivity contribution < 1.29 is 4.79 Å². The molecule has 1 aliphatic heterocycles. The van der Waals surface area contributed by atoms with Crippen molar-refractivity contribution in [3.05, 3.63) is 4.91 Å². The van der Waals surface area contributed by atoms with Gasteiger partial charge >= 0.3 is 0 Å². The molecule has 1 fully saturated rings. The molecule has 0 unspecified atom stereocenters. The highest BCUT2D eigenvalue weighted by Gasteiger charge is 2.06. The van der Waals surface area contributed by atoms with Gasteiger partial charge in [-0.1, -0.05) is 11.9 Å². The van der Waals surface area contributed by atoms with Gasteiger partial charge in [0.05, 0.1) is 10.7 Å². The van der Waals surface area contributed by atoms with Crippen LogP contribution in [0.1, 0.15) is 0 Å². The van der Waals surface area contributed by atoms with Gasteiger partial charge < -0.3 is 0 Å². The fraction of sp³-hybridized carbons (Fsp3) is 0.333. The van der Waals surface area contributed by atoms with Crippen molar-refractivity contribution in [1.29, 1.82) is 0 Å². The molecule has 2 nitrogen and oxygen atoms in total. The minimum Gasteiger partial charge on any atom is -0.233 e. The second-order valence-corrected chi connectivity index (χ2v) is 2.94. The molecular formula is C3H3NOS2. The first-order chi connectivity index (χ1) is 3.43. The lowest BCUT2D eigenvalue weighted by molar-refractivity contribution is 0.568. The lowest BCUT2D eigenvalue weighted by atomic mass is 10.7. The van der Waals surface area contributed by atoms with E-state index in [-0.39, 0.29) is 0 Å². The Bertz CT molecular complexity index is 110. The zero-order valence-corrected chi connectivity index (χ0v) is 5.06. The summed E-state index contributed by atoms with van der Waals surface area (Å²) in [6.07, 6.45) is 0. The minimum atomic E-state index is 0.755. The van der Waals surface area contributed by atoms with Crippen LogP contribution in [0, 0.1) is 0 Å². The topological polar surface area (TPSA) is 29.1 Å². The van der Waals surface area contributed by atoms with Gasteiger partial charge in [-0.2, -0.15) is 0 Å². The molecule has 1 aliphatic rings. The highest BCUT2D eigenvalue weighted by Crippen LogP contribution is 2.23. The smallest absolute Gasteiger partial charge is 0.137 e. The SMILES string of the molecule is O=C=C1CSNS1. The summed E-state index contributed by atoms with van der Waals surface area (Å²) < 4.78 is 2.86. The normalized spacial score (nSPS) is 19.7. The second kappa shape index (κ2) is 2.43. The first-order valence-corrected chi connectivity index (χ1v) is 3.51. The standard InChI is InChI=1S/C3H3NOS2/c5-1-3-2-6-4-7-3/h4H,2H2. The highest BCUT2D eigenvalue weighted by molar-refractivity contribution is 8.18. The van der Waals surface area contributed by atoms with Crippen molar-refractivity contribution in [2.24, 2.45) is 0 Å². The van der Waals surface area contributed by atoms with Crippen molar-refractivity contribution in [1.82, 2.24) is 4.13 Å². The summed E-state index contributed by atoms with van der Waals surface area (Å²) in [6, 6.07) is 0. The molecule has 0 amide bonds. The van der Waals surface area contributed by atoms with E-state index in [1.54, 1.807) is 0 Å². The predicted octanol–water partition coefficient (Wildman–Crippen LogP) is 0.601. The summed E-state index contributed by atoms with van der Waals surface area (Å²) in [6.45, 7) is 0. The van der Waals surface area contributed by atoms with Gasteiger partial charge in [0.25, 0.3) is 0 Å². The van der Waals surface area contributed by atoms with E-state index in [4.69, 9.17) is 0 Å². The van der Waals surface area contributed by atoms with Crippen LogP contribution in [0.15, 0.2) is 4.91 Å². The molecular weight excluding hydrogens is 130 g/mol. The van der Waals surface area contributed by atoms with E-state index in [1.165, 1.54) is 23.9 Å². The Morgan fingerprint density at radius 3 is 3.00 bits per heavy atom. The molecule has 0 aromatic carbocycles. The van der Waals surface area contributed by atoms with Crippen molar-refractivity contribution >= 4 is 29.8 Å². The molecule has 1 saturated heterocycles. The Labute approximate surface area is 50.0 Å². The van der Waals surface area contributed by atoms with Gasteiger partial charge in [0.2, 0.25) is 0 Å². The number of nitrogens with one attached hydrogen (secondary N) is 1. The lowest BCUT2D eigenvalue weighted by Gasteiger charge is -1.74. The van der Waals surface area contributed by atoms with Gasteiger partial charge in [0, 0.05) is 0 Å². The van der Waals surface area contributed by atoms with E-state index in [9.17, 15) is 4.79 Å². The monoisotopic (exact) mass is 133 g/mol. The molecule has 1 heterocycles. The fourth-order valence-electron chi connectivity index (χ4n) is 0.255. The van der Waals surface area contributed by atoms with Crippen LogP contribution in [0.5, 0.6) is 0 Å². The molecule has 1 N–H and O–H groups in total. The first kappa shape index (κ1) is 5.25. The van der Waals surface area contributed by atoms with E-state index in [0.717, 1.165) is 10.7 Å². The molecule has 0 spiro atoms. The molecule has 0 aromatic heterocycles. The maximum atomic E-state index is 9.77. The quantitative estimate of drug-likeness (QED) is 0.387. The number of hydrogen-bond acceptors (Lipinski definition) is 4. The maximum absolute atomic E-state index is 9.77. The van der Waals surface area contributed by atoms with Crippen LogP contribution in [0.3, 0.4) is 0 Å². The van der Waals surface area contributed by atoms with Gasteiger partial charge in [-0.05, 0) is 11.9 Å². The second-order valence-electron chi connectivity index (χ2n) is 0.999. The lowest BCUT2D eigenvalue weighted by Crippen LogP contribution is -1.73. The summed E-state index contributed by atoms with van der Waals surface area (Å²) in [5.74, 6) is 2.58. The predicted molar refractivity (Wildman–Crippen MR) is 32.4 cm³/mol. The summed E-state index contributed by atoms with van der Waals surface area (Å²) in [5, 5.41) is 0. The zero-order chi connectivity index (χ0) is 5.11. The Kier molecular flexibility index (Phi) is 1.82. The highest BCUT2D eigenvalue weighted by atomic mass is 32.2. The summed E-state index contributed by atoms with van der Waals surface area (Å²) in [4.78, 5) is 10.5. The molecule has 0 radical (unpaired) electrons. The van der Waals surface area contributed by atoms with E-state index in [0.29, 0.717) is 0 Å². The van der Waals surface area contributed by atoms with Crippen LogP contribution in [0.25, 0.3) is 0 Å². The van der Waals surface area contributed by atoms with Crippen LogP contribution < -0.4 is 4.13 Å². The summed E-state index contributed by atoms with van der Waals surface area (Å²) in [7, 11) is 0. The van der Waals surface area contributed by atoms with Crippen LogP contribution in [-0.4, -0.2) is 11.7 Å². The van der Waals surface area contributed by atoms with Crippen LogP contribution in [0.2, 0.25) is 0 Å². The third-order valence-corrected chi connectivity index (χ3v) is 2.44. The van der Waals surface area contributed by atoms with E-state index < -0.39 is 0 Å². The largest absolute Gasteiger partial charge is 0.233 e. The molecule has 0 aromatic rings. The third kappa shape index (κ3) is 1.24. The summed E-state index contributed by atoms with van der Waals surface area (Å²) in [5.41, 5.74) is 0. The van der Waals surface area contributed by atoms with E-state index in [2.05, 4.69) is 4.13 Å². The van der Waals surface area contributed by atoms with Crippen molar-refractivity contribution in [2.75, 3.05) is 5.75 Å². The molecule has 0 saturated carbocycles. The van der Waals surface area contributed by atoms with Gasteiger partial charge in [-0.15, -0.1) is 0 Å². The number of hydrogen-bond donors (Lipinski definition) is 1. The van der Waals surface area contributed by atoms with Gasteiger partial charge in [-0.3, -0.25) is 0 Å². The molecule has 0 bridgehead atoms. The van der Waals surface area contributed by atoms with Crippen molar-refractivity contribution in [2.45, 2.75) is 0 Å². The molecule has 0 atom stereocenters. The van der Waals surface area contributed by atoms with Crippen LogP contribution in [-0.2, 0) is 4.79 Å². The van der Waals surface area contributed by atoms with Crippen LogP contribution in [0.4, 0.5) is 0 Å². The van der Waals surface area contributed by atoms with Gasteiger partial charge in [0.1, 0.15) is 5.94 Å². The van der Waals surface area contributed by atoms with Crippen molar-refractivity contribution in [3.8, 4) is 0 Å². The molecule has 1 rings (SSSR count). The van der Waals surface area contributed by atoms with E-state index in [1.807, 2.05) is 5.94 Å². The molecule has 0 aliphatic carbocycles. The van der Waals surface area contributed by atoms with Gasteiger partial charge in [0.15, 0.2) is 0 Å². The fourth-order valence-corrected chi connectivity index (χ4v) is 1.77. The Balaban J connectivity index is 2.57. The average molecular weight is 133 g/mol. The Morgan fingerprint density at radius 2 is 2.71 bits per heavy atom. The first-order valence-electron chi connectivity index (χ1n) is 1.71. The van der Waals surface area contributed by atoms with Gasteiger partial charge in [-0.25, -0.2) is 8.92 Å². The zero-order valence-electron chi connectivity index (χ0n) is 3.43. The number of rotatable bonds is 0. The summed E-state index contributed by atoms with van der Waals surface area (Å²) >= 11 is 2.87. The molecule has 38 valence electrons. The molecule has 4 heteroatoms. The van der Waals surface area contributed by atoms with Crippen LogP contribution >= 0.6 is 23.9 Å². The van der Waals surface area contributed by atoms with E-state index >= 15 is 0 Å². The Hall–Kier alpha value is 0.110. The third-order valence-electron chi connectivity index (χ3n) is 0.541. The van der Waals surface area contributed by atoms with Crippen molar-refractivity contribution in [3.63, 3.8) is 0 Å². The average Bonchev–Trinajstić information content (AvgIpc) is 2.14. The number of carbonyl (C=O) groups excluding carboxylic acids is 1. The maximum Gasteiger partial charge on any atom is 0.137 e. The Morgan fingerprint density at radius 1 is 1.86 bits per heavy atom. The molecule has 7 heavy (non-hydrogen) atoms. The minimum absolute atomic E-state index is 0.755.